The minimum atomic E-state index is -4.26. The Morgan fingerprint density at radius 1 is 1.12 bits per heavy atom. The molecule has 3 aromatic rings. The maximum absolute atomic E-state index is 11.1. The Kier molecular flexibility index (Phi) is 6.66. The number of thioether (sulfide) groups is 1. The Morgan fingerprint density at radius 2 is 1.84 bits per heavy atom. The molecule has 0 amide bonds. The number of benzene rings is 2. The largest absolute Gasteiger partial charge is 0.748 e. The highest BCUT2D eigenvalue weighted by atomic mass is 32.2. The number of nitrogens with zero attached hydrogens (tertiary/aromatic N) is 2. The molecule has 4 rings (SSSR count). The lowest BCUT2D eigenvalue weighted by molar-refractivity contribution is -0.668. The van der Waals surface area contributed by atoms with Gasteiger partial charge in [-0.3, -0.25) is 0 Å². The predicted molar refractivity (Wildman–Crippen MR) is 128 cm³/mol. The molecule has 0 saturated heterocycles. The maximum atomic E-state index is 11.1. The molecule has 0 saturated carbocycles. The first-order valence-electron chi connectivity index (χ1n) is 10.1. The van der Waals surface area contributed by atoms with Gasteiger partial charge in [0, 0.05) is 29.7 Å². The second-order valence-corrected chi connectivity index (χ2v) is 10.9. The molecular formula is C22H24N2O5S3. The van der Waals surface area contributed by atoms with E-state index in [1.165, 1.54) is 0 Å². The fraction of sp³-hybridized carbons (Fsp3) is 0.318. The summed E-state index contributed by atoms with van der Waals surface area (Å²) in [7, 11) is -0.983. The number of hydrogen-bond donors (Lipinski definition) is 0. The molecule has 0 aliphatic carbocycles. The van der Waals surface area contributed by atoms with E-state index in [0.29, 0.717) is 6.54 Å². The second-order valence-electron chi connectivity index (χ2n) is 7.20. The number of anilines is 1. The molecule has 0 atom stereocenters. The van der Waals surface area contributed by atoms with Gasteiger partial charge in [0.05, 0.1) is 47.2 Å². The van der Waals surface area contributed by atoms with Crippen LogP contribution in [0, 0.1) is 0 Å². The molecule has 0 N–H and O–H groups in total. The van der Waals surface area contributed by atoms with Crippen LogP contribution in [0.25, 0.3) is 16.3 Å². The lowest BCUT2D eigenvalue weighted by atomic mass is 10.2. The van der Waals surface area contributed by atoms with Gasteiger partial charge in [-0.15, -0.1) is 0 Å². The number of hydrogen-bond acceptors (Lipinski definition) is 8. The van der Waals surface area contributed by atoms with Gasteiger partial charge in [-0.05, 0) is 31.2 Å². The number of rotatable bonds is 8. The minimum absolute atomic E-state index is 0.248. The van der Waals surface area contributed by atoms with Crippen LogP contribution >= 0.6 is 23.1 Å². The quantitative estimate of drug-likeness (QED) is 0.346. The van der Waals surface area contributed by atoms with Crippen LogP contribution in [0.3, 0.4) is 0 Å². The van der Waals surface area contributed by atoms with Gasteiger partial charge in [-0.25, -0.2) is 8.42 Å². The SMILES string of the molecule is CCN1/C(=C/c2sc3ccc(OC)cc3[n+]2CCCS(=O)(=O)[O-])Sc2ccc(OC)cc21. The highest BCUT2D eigenvalue weighted by Crippen LogP contribution is 2.48. The van der Waals surface area contributed by atoms with Crippen molar-refractivity contribution in [2.45, 2.75) is 24.8 Å². The van der Waals surface area contributed by atoms with E-state index < -0.39 is 15.9 Å². The summed E-state index contributed by atoms with van der Waals surface area (Å²) >= 11 is 3.32. The van der Waals surface area contributed by atoms with Crippen LogP contribution in [-0.4, -0.2) is 39.5 Å². The summed E-state index contributed by atoms with van der Waals surface area (Å²) < 4.78 is 47.3. The van der Waals surface area contributed by atoms with Crippen molar-refractivity contribution in [3.63, 3.8) is 0 Å². The maximum Gasteiger partial charge on any atom is 0.265 e. The monoisotopic (exact) mass is 492 g/mol. The predicted octanol–water partition coefficient (Wildman–Crippen LogP) is 4.07. The molecule has 7 nitrogen and oxygen atoms in total. The van der Waals surface area contributed by atoms with Gasteiger partial charge < -0.3 is 18.9 Å². The third-order valence-electron chi connectivity index (χ3n) is 5.21. The molecule has 0 fully saturated rings. The van der Waals surface area contributed by atoms with Crippen molar-refractivity contribution in [3.05, 3.63) is 46.4 Å². The van der Waals surface area contributed by atoms with Crippen molar-refractivity contribution in [2.24, 2.45) is 0 Å². The Morgan fingerprint density at radius 3 is 2.53 bits per heavy atom. The summed E-state index contributed by atoms with van der Waals surface area (Å²) in [6.07, 6.45) is 2.38. The van der Waals surface area contributed by atoms with Crippen molar-refractivity contribution >= 4 is 55.2 Å². The van der Waals surface area contributed by atoms with Crippen molar-refractivity contribution in [2.75, 3.05) is 31.4 Å². The smallest absolute Gasteiger partial charge is 0.265 e. The number of thiazole rings is 1. The van der Waals surface area contributed by atoms with E-state index in [9.17, 15) is 13.0 Å². The van der Waals surface area contributed by atoms with Crippen molar-refractivity contribution in [3.8, 4) is 11.5 Å². The molecule has 1 aliphatic heterocycles. The molecular weight excluding hydrogens is 468 g/mol. The average Bonchev–Trinajstić information content (AvgIpc) is 3.29. The Balaban J connectivity index is 1.76. The topological polar surface area (TPSA) is 82.8 Å². The fourth-order valence-corrected chi connectivity index (χ4v) is 6.50. The Labute approximate surface area is 196 Å². The first-order valence-corrected chi connectivity index (χ1v) is 13.3. The summed E-state index contributed by atoms with van der Waals surface area (Å²) in [4.78, 5) is 3.39. The molecule has 2 heterocycles. The third kappa shape index (κ3) is 4.73. The molecule has 0 spiro atoms. The first kappa shape index (κ1) is 22.9. The van der Waals surface area contributed by atoms with Crippen LogP contribution in [-0.2, 0) is 16.7 Å². The molecule has 0 radical (unpaired) electrons. The van der Waals surface area contributed by atoms with E-state index >= 15 is 0 Å². The zero-order valence-electron chi connectivity index (χ0n) is 18.0. The van der Waals surface area contributed by atoms with E-state index in [1.54, 1.807) is 37.3 Å². The number of ether oxygens (including phenoxy) is 2. The van der Waals surface area contributed by atoms with Gasteiger partial charge in [0.1, 0.15) is 16.2 Å². The number of fused-ring (bicyclic) bond motifs is 2. The highest BCUT2D eigenvalue weighted by Gasteiger charge is 2.27. The van der Waals surface area contributed by atoms with Crippen LogP contribution in [0.15, 0.2) is 46.3 Å². The third-order valence-corrected chi connectivity index (χ3v) is 8.23. The highest BCUT2D eigenvalue weighted by molar-refractivity contribution is 8.03. The molecule has 1 aliphatic rings. The van der Waals surface area contributed by atoms with Crippen LogP contribution in [0.2, 0.25) is 0 Å². The zero-order valence-corrected chi connectivity index (χ0v) is 20.5. The molecule has 170 valence electrons. The molecule has 32 heavy (non-hydrogen) atoms. The fourth-order valence-electron chi connectivity index (χ4n) is 3.69. The van der Waals surface area contributed by atoms with Crippen LogP contribution < -0.4 is 18.9 Å². The van der Waals surface area contributed by atoms with E-state index in [4.69, 9.17) is 9.47 Å². The lowest BCUT2D eigenvalue weighted by Gasteiger charge is -2.18. The molecule has 0 bridgehead atoms. The summed E-state index contributed by atoms with van der Waals surface area (Å²) in [5.41, 5.74) is 2.06. The Bertz CT molecular complexity index is 1280. The Hall–Kier alpha value is -2.27. The zero-order chi connectivity index (χ0) is 22.9. The van der Waals surface area contributed by atoms with Gasteiger partial charge in [0.25, 0.3) is 5.01 Å². The summed E-state index contributed by atoms with van der Waals surface area (Å²) in [6.45, 7) is 3.32. The van der Waals surface area contributed by atoms with Crippen molar-refractivity contribution in [1.82, 2.24) is 0 Å². The summed E-state index contributed by atoms with van der Waals surface area (Å²) in [6, 6.07) is 11.9. The molecule has 10 heteroatoms. The normalized spacial score (nSPS) is 14.9. The van der Waals surface area contributed by atoms with E-state index in [2.05, 4.69) is 28.5 Å². The van der Waals surface area contributed by atoms with Gasteiger partial charge in [-0.2, -0.15) is 4.57 Å². The molecule has 1 aromatic heterocycles. The summed E-state index contributed by atoms with van der Waals surface area (Å²) in [5.74, 6) is 1.15. The van der Waals surface area contributed by atoms with Crippen LogP contribution in [0.4, 0.5) is 5.69 Å². The lowest BCUT2D eigenvalue weighted by Crippen LogP contribution is -2.36. The number of methoxy groups -OCH3 is 2. The number of aromatic nitrogens is 1. The van der Waals surface area contributed by atoms with Gasteiger partial charge in [0.15, 0.2) is 6.54 Å². The van der Waals surface area contributed by atoms with Crippen molar-refractivity contribution in [1.29, 1.82) is 0 Å². The van der Waals surface area contributed by atoms with Crippen molar-refractivity contribution < 1.29 is 27.0 Å². The standard InChI is InChI=1S/C22H24N2O5S3/c1-4-23-17-12-15(28-2)6-8-19(17)30-21(23)14-22-24(10-5-11-32(25,26)27)18-13-16(29-3)7-9-20(18)31-22/h6-9,12-14H,4-5,10-11H2,1-3H3. The minimum Gasteiger partial charge on any atom is -0.748 e. The molecule has 2 aromatic carbocycles. The summed E-state index contributed by atoms with van der Waals surface area (Å²) in [5, 5.41) is 2.07. The van der Waals surface area contributed by atoms with Crippen LogP contribution in [0.5, 0.6) is 11.5 Å². The van der Waals surface area contributed by atoms with Gasteiger partial charge in [0.2, 0.25) is 5.52 Å². The van der Waals surface area contributed by atoms with Crippen LogP contribution in [0.1, 0.15) is 18.4 Å². The van der Waals surface area contributed by atoms with E-state index in [0.717, 1.165) is 48.9 Å². The number of aryl methyl sites for hydroxylation is 1. The van der Waals surface area contributed by atoms with Gasteiger partial charge in [-0.1, -0.05) is 23.1 Å². The van der Waals surface area contributed by atoms with E-state index in [1.807, 2.05) is 30.3 Å². The van der Waals surface area contributed by atoms with E-state index in [-0.39, 0.29) is 6.42 Å². The second kappa shape index (κ2) is 9.30. The van der Waals surface area contributed by atoms with Gasteiger partial charge >= 0.3 is 0 Å². The average molecular weight is 493 g/mol. The first-order chi connectivity index (χ1) is 15.3. The molecule has 0 unspecified atom stereocenters.